The first-order valence-corrected chi connectivity index (χ1v) is 10.2. The number of nitrogens with one attached hydrogen (secondary N) is 1. The first-order valence-electron chi connectivity index (χ1n) is 10.2. The first-order chi connectivity index (χ1) is 13.0. The Morgan fingerprint density at radius 3 is 2.67 bits per heavy atom. The van der Waals surface area contributed by atoms with Gasteiger partial charge in [-0.15, -0.1) is 0 Å². The van der Waals surface area contributed by atoms with Crippen molar-refractivity contribution in [3.8, 4) is 0 Å². The molecular formula is C21H30N4O2. The number of aromatic nitrogens is 2. The summed E-state index contributed by atoms with van der Waals surface area (Å²) in [5.74, 6) is -0.0789. The molecule has 4 heterocycles. The fourth-order valence-electron chi connectivity index (χ4n) is 4.83. The van der Waals surface area contributed by atoms with E-state index < -0.39 is 5.97 Å². The van der Waals surface area contributed by atoms with Gasteiger partial charge in [-0.2, -0.15) is 5.10 Å². The van der Waals surface area contributed by atoms with Gasteiger partial charge in [0.05, 0.1) is 16.8 Å². The van der Waals surface area contributed by atoms with Crippen LogP contribution in [0.4, 0.5) is 0 Å². The van der Waals surface area contributed by atoms with Crippen molar-refractivity contribution in [1.29, 1.82) is 0 Å². The minimum absolute atomic E-state index is 0.195. The van der Waals surface area contributed by atoms with Gasteiger partial charge in [-0.1, -0.05) is 6.07 Å². The van der Waals surface area contributed by atoms with E-state index in [2.05, 4.69) is 24.1 Å². The zero-order valence-electron chi connectivity index (χ0n) is 16.5. The lowest BCUT2D eigenvalue weighted by molar-refractivity contribution is 0.0698. The average Bonchev–Trinajstić information content (AvgIpc) is 3.01. The minimum Gasteiger partial charge on any atom is -0.478 e. The van der Waals surface area contributed by atoms with Crippen molar-refractivity contribution in [2.75, 3.05) is 26.2 Å². The topological polar surface area (TPSA) is 70.4 Å². The highest BCUT2D eigenvalue weighted by Gasteiger charge is 2.33. The molecular weight excluding hydrogens is 340 g/mol. The van der Waals surface area contributed by atoms with Crippen molar-refractivity contribution in [3.05, 3.63) is 29.0 Å². The predicted octanol–water partition coefficient (Wildman–Crippen LogP) is 2.85. The van der Waals surface area contributed by atoms with E-state index in [1.807, 2.05) is 23.7 Å². The molecule has 1 atom stereocenters. The van der Waals surface area contributed by atoms with Crippen LogP contribution >= 0.6 is 0 Å². The molecule has 1 aromatic heterocycles. The van der Waals surface area contributed by atoms with Crippen LogP contribution in [0.2, 0.25) is 0 Å². The maximum Gasteiger partial charge on any atom is 0.336 e. The number of hydrogen-bond acceptors (Lipinski definition) is 4. The van der Waals surface area contributed by atoms with E-state index >= 15 is 0 Å². The van der Waals surface area contributed by atoms with Crippen LogP contribution in [0.15, 0.2) is 12.1 Å². The quantitative estimate of drug-likeness (QED) is 0.818. The summed E-state index contributed by atoms with van der Waals surface area (Å²) >= 11 is 0. The Morgan fingerprint density at radius 2 is 2.07 bits per heavy atom. The van der Waals surface area contributed by atoms with E-state index in [4.69, 9.17) is 5.10 Å². The van der Waals surface area contributed by atoms with Gasteiger partial charge in [0.15, 0.2) is 0 Å². The average molecular weight is 370 g/mol. The number of benzene rings is 1. The maximum atomic E-state index is 11.9. The van der Waals surface area contributed by atoms with Gasteiger partial charge in [-0.3, -0.25) is 4.68 Å². The maximum absolute atomic E-state index is 11.9. The Bertz CT molecular complexity index is 849. The molecule has 3 saturated heterocycles. The number of rotatable bonds is 6. The van der Waals surface area contributed by atoms with Gasteiger partial charge >= 0.3 is 5.97 Å². The van der Waals surface area contributed by atoms with Crippen LogP contribution in [0.5, 0.6) is 0 Å². The second-order valence-electron chi connectivity index (χ2n) is 8.39. The van der Waals surface area contributed by atoms with Crippen molar-refractivity contribution < 1.29 is 9.90 Å². The van der Waals surface area contributed by atoms with E-state index in [9.17, 15) is 9.90 Å². The summed E-state index contributed by atoms with van der Waals surface area (Å²) in [6.07, 6.45) is 3.35. The molecule has 2 aromatic rings. The summed E-state index contributed by atoms with van der Waals surface area (Å²) in [5.41, 5.74) is 3.02. The second-order valence-corrected chi connectivity index (χ2v) is 8.39. The van der Waals surface area contributed by atoms with Gasteiger partial charge in [0.2, 0.25) is 0 Å². The Balaban J connectivity index is 1.59. The Morgan fingerprint density at radius 1 is 1.33 bits per heavy atom. The summed E-state index contributed by atoms with van der Waals surface area (Å²) in [7, 11) is 0. The number of hydrogen-bond donors (Lipinski definition) is 2. The molecule has 5 rings (SSSR count). The molecule has 2 bridgehead atoms. The third-order valence-corrected chi connectivity index (χ3v) is 6.28. The molecule has 3 fully saturated rings. The number of piperidine rings is 3. The first kappa shape index (κ1) is 18.4. The van der Waals surface area contributed by atoms with Gasteiger partial charge in [0.25, 0.3) is 0 Å². The monoisotopic (exact) mass is 370 g/mol. The number of aryl methyl sites for hydroxylation is 1. The number of aromatic carboxylic acids is 1. The molecule has 3 aliphatic heterocycles. The molecule has 27 heavy (non-hydrogen) atoms. The molecule has 6 heteroatoms. The Labute approximate surface area is 160 Å². The van der Waals surface area contributed by atoms with E-state index in [1.54, 1.807) is 0 Å². The summed E-state index contributed by atoms with van der Waals surface area (Å²) in [6, 6.07) is 4.66. The molecule has 1 unspecified atom stereocenters. The normalized spacial score (nSPS) is 24.8. The summed E-state index contributed by atoms with van der Waals surface area (Å²) in [4.78, 5) is 14.5. The van der Waals surface area contributed by atoms with E-state index in [0.717, 1.165) is 47.6 Å². The molecule has 2 N–H and O–H groups in total. The van der Waals surface area contributed by atoms with E-state index in [0.29, 0.717) is 11.6 Å². The smallest absolute Gasteiger partial charge is 0.336 e. The number of nitrogens with zero attached hydrogens (tertiary/aromatic N) is 3. The van der Waals surface area contributed by atoms with Gasteiger partial charge in [-0.05, 0) is 64.3 Å². The highest BCUT2D eigenvalue weighted by molar-refractivity contribution is 6.05. The molecule has 6 nitrogen and oxygen atoms in total. The third-order valence-electron chi connectivity index (χ3n) is 6.28. The molecule has 146 valence electrons. The molecule has 0 aliphatic carbocycles. The predicted molar refractivity (Wildman–Crippen MR) is 106 cm³/mol. The van der Waals surface area contributed by atoms with E-state index in [-0.39, 0.29) is 6.04 Å². The van der Waals surface area contributed by atoms with Crippen molar-refractivity contribution in [3.63, 3.8) is 0 Å². The molecule has 0 spiro atoms. The molecule has 0 amide bonds. The number of carbonyl (C=O) groups is 1. The standard InChI is InChI=1S/C21H30N4O2/c1-13(2)25-18-5-4-14(3)19(21(26)27)20(18)16(23-25)6-9-22-17-12-24-10-7-15(17)8-11-24/h4-5,13,15,17,22H,6-12H2,1-3H3,(H,26,27). The highest BCUT2D eigenvalue weighted by atomic mass is 16.4. The SMILES string of the molecule is Cc1ccc2c(c(CCNC3CN4CCC3CC4)nn2C(C)C)c1C(=O)O. The molecule has 0 saturated carbocycles. The third kappa shape index (κ3) is 3.36. The number of fused-ring (bicyclic) bond motifs is 4. The van der Waals surface area contributed by atoms with Crippen LogP contribution in [0, 0.1) is 12.8 Å². The summed E-state index contributed by atoms with van der Waals surface area (Å²) in [5, 5.41) is 19.1. The number of carboxylic acid groups (broad SMARTS) is 1. The zero-order valence-corrected chi connectivity index (χ0v) is 16.5. The van der Waals surface area contributed by atoms with Crippen molar-refractivity contribution in [2.45, 2.75) is 52.1 Å². The largest absolute Gasteiger partial charge is 0.478 e. The lowest BCUT2D eigenvalue weighted by Gasteiger charge is -2.45. The van der Waals surface area contributed by atoms with Crippen LogP contribution in [-0.4, -0.2) is 58.0 Å². The van der Waals surface area contributed by atoms with Crippen LogP contribution in [-0.2, 0) is 6.42 Å². The summed E-state index contributed by atoms with van der Waals surface area (Å²) in [6.45, 7) is 10.5. The fourth-order valence-corrected chi connectivity index (χ4v) is 4.83. The highest BCUT2D eigenvalue weighted by Crippen LogP contribution is 2.29. The fraction of sp³-hybridized carbons (Fsp3) is 0.619. The molecule has 0 radical (unpaired) electrons. The van der Waals surface area contributed by atoms with Crippen molar-refractivity contribution >= 4 is 16.9 Å². The van der Waals surface area contributed by atoms with Crippen LogP contribution in [0.25, 0.3) is 10.9 Å². The molecule has 3 aliphatic rings. The van der Waals surface area contributed by atoms with Gasteiger partial charge in [-0.25, -0.2) is 4.79 Å². The van der Waals surface area contributed by atoms with Crippen LogP contribution in [0.3, 0.4) is 0 Å². The van der Waals surface area contributed by atoms with Gasteiger partial charge in [0, 0.05) is 37.0 Å². The van der Waals surface area contributed by atoms with Crippen molar-refractivity contribution in [1.82, 2.24) is 20.0 Å². The lowest BCUT2D eigenvalue weighted by Crippen LogP contribution is -2.56. The van der Waals surface area contributed by atoms with Gasteiger partial charge in [0.1, 0.15) is 0 Å². The van der Waals surface area contributed by atoms with Crippen LogP contribution < -0.4 is 5.32 Å². The van der Waals surface area contributed by atoms with Crippen LogP contribution in [0.1, 0.15) is 54.3 Å². The molecule has 1 aromatic carbocycles. The lowest BCUT2D eigenvalue weighted by atomic mass is 9.84. The summed E-state index contributed by atoms with van der Waals surface area (Å²) < 4.78 is 1.96. The number of carboxylic acids is 1. The van der Waals surface area contributed by atoms with Crippen molar-refractivity contribution in [2.24, 2.45) is 5.92 Å². The van der Waals surface area contributed by atoms with E-state index in [1.165, 1.54) is 25.9 Å². The zero-order chi connectivity index (χ0) is 19.1. The Hall–Kier alpha value is -1.92. The minimum atomic E-state index is -0.868. The Kier molecular flexibility index (Phi) is 4.95. The second kappa shape index (κ2) is 7.24. The van der Waals surface area contributed by atoms with Gasteiger partial charge < -0.3 is 15.3 Å².